The second-order valence-electron chi connectivity index (χ2n) is 10.7. The average Bonchev–Trinajstić information content (AvgIpc) is 2.98. The van der Waals surface area contributed by atoms with E-state index in [0.717, 1.165) is 53.0 Å². The van der Waals surface area contributed by atoms with Crippen LogP contribution >= 0.6 is 11.6 Å². The van der Waals surface area contributed by atoms with Gasteiger partial charge in [-0.15, -0.1) is 0 Å². The van der Waals surface area contributed by atoms with Gasteiger partial charge >= 0.3 is 0 Å². The molecule has 1 aliphatic heterocycles. The van der Waals surface area contributed by atoms with E-state index in [1.807, 2.05) is 66.7 Å². The molecule has 1 fully saturated rings. The molecule has 5 heteroatoms. The number of likely N-dealkylation sites (tertiary alicyclic amines) is 1. The third kappa shape index (κ3) is 6.09. The summed E-state index contributed by atoms with van der Waals surface area (Å²) in [5.74, 6) is 0.511. The van der Waals surface area contributed by atoms with E-state index < -0.39 is 0 Å². The quantitative estimate of drug-likeness (QED) is 0.232. The van der Waals surface area contributed by atoms with Gasteiger partial charge in [0.25, 0.3) is 5.91 Å². The Morgan fingerprint density at radius 1 is 0.875 bits per heavy atom. The molecule has 1 N–H and O–H groups in total. The van der Waals surface area contributed by atoms with Crippen LogP contribution in [0.3, 0.4) is 0 Å². The first-order valence-electron chi connectivity index (χ1n) is 13.9. The van der Waals surface area contributed by atoms with Crippen molar-refractivity contribution in [2.75, 3.05) is 18.4 Å². The number of fused-ring (bicyclic) bond motifs is 1. The molecule has 4 aromatic carbocycles. The van der Waals surface area contributed by atoms with Crippen LogP contribution in [0.2, 0.25) is 5.02 Å². The van der Waals surface area contributed by atoms with Crippen LogP contribution in [0.15, 0.2) is 103 Å². The number of aryl methyl sites for hydroxylation is 1. The number of anilines is 1. The minimum Gasteiger partial charge on any atom is -0.322 e. The molecule has 2 heterocycles. The molecule has 4 nitrogen and oxygen atoms in total. The Hall–Kier alpha value is -3.99. The highest BCUT2D eigenvalue weighted by Gasteiger charge is 2.21. The number of piperidine rings is 1. The van der Waals surface area contributed by atoms with E-state index in [1.165, 1.54) is 24.0 Å². The zero-order valence-corrected chi connectivity index (χ0v) is 23.4. The number of amides is 1. The van der Waals surface area contributed by atoms with Gasteiger partial charge < -0.3 is 5.32 Å². The third-order valence-electron chi connectivity index (χ3n) is 7.82. The summed E-state index contributed by atoms with van der Waals surface area (Å²) < 4.78 is 0. The second kappa shape index (κ2) is 11.6. The molecule has 40 heavy (non-hydrogen) atoms. The molecular formula is C35H32ClN3O. The number of hydrogen-bond donors (Lipinski definition) is 1. The molecule has 5 aromatic rings. The molecule has 0 bridgehead atoms. The number of aromatic nitrogens is 1. The average molecular weight is 546 g/mol. The van der Waals surface area contributed by atoms with Gasteiger partial charge in [-0.1, -0.05) is 71.8 Å². The summed E-state index contributed by atoms with van der Waals surface area (Å²) in [5, 5.41) is 4.74. The highest BCUT2D eigenvalue weighted by molar-refractivity contribution is 6.30. The Labute approximate surface area is 240 Å². The lowest BCUT2D eigenvalue weighted by atomic mass is 9.88. The van der Waals surface area contributed by atoms with E-state index in [1.54, 1.807) is 0 Å². The van der Waals surface area contributed by atoms with Crippen LogP contribution in [0, 0.1) is 6.92 Å². The van der Waals surface area contributed by atoms with E-state index in [4.69, 9.17) is 16.6 Å². The van der Waals surface area contributed by atoms with Gasteiger partial charge in [0.05, 0.1) is 11.2 Å². The minimum absolute atomic E-state index is 0.138. The van der Waals surface area contributed by atoms with Crippen LogP contribution in [-0.2, 0) is 6.54 Å². The molecule has 0 radical (unpaired) electrons. The van der Waals surface area contributed by atoms with Gasteiger partial charge in [-0.25, -0.2) is 0 Å². The van der Waals surface area contributed by atoms with Gasteiger partial charge in [-0.05, 0) is 104 Å². The van der Waals surface area contributed by atoms with E-state index in [2.05, 4.69) is 53.5 Å². The molecule has 6 rings (SSSR count). The van der Waals surface area contributed by atoms with Crippen molar-refractivity contribution in [3.8, 4) is 11.1 Å². The first-order valence-corrected chi connectivity index (χ1v) is 14.2. The first kappa shape index (κ1) is 26.2. The minimum atomic E-state index is -0.138. The van der Waals surface area contributed by atoms with Crippen molar-refractivity contribution < 1.29 is 4.79 Å². The lowest BCUT2D eigenvalue weighted by Gasteiger charge is -2.32. The lowest BCUT2D eigenvalue weighted by Crippen LogP contribution is -2.32. The second-order valence-corrected chi connectivity index (χ2v) is 11.1. The number of rotatable bonds is 6. The van der Waals surface area contributed by atoms with Crippen LogP contribution in [0.1, 0.15) is 45.9 Å². The summed E-state index contributed by atoms with van der Waals surface area (Å²) in [6.07, 6.45) is 2.37. The molecular weight excluding hydrogens is 514 g/mol. The Morgan fingerprint density at radius 2 is 1.60 bits per heavy atom. The van der Waals surface area contributed by atoms with Gasteiger partial charge in [0.15, 0.2) is 0 Å². The number of hydrogen-bond acceptors (Lipinski definition) is 3. The van der Waals surface area contributed by atoms with Gasteiger partial charge in [-0.3, -0.25) is 14.7 Å². The molecule has 0 unspecified atom stereocenters. The first-order chi connectivity index (χ1) is 19.5. The third-order valence-corrected chi connectivity index (χ3v) is 8.07. The Balaban J connectivity index is 1.06. The smallest absolute Gasteiger partial charge is 0.255 e. The lowest BCUT2D eigenvalue weighted by molar-refractivity contribution is 0.102. The number of nitrogens with zero attached hydrogens (tertiary/aromatic N) is 2. The number of carbonyl (C=O) groups excluding carboxylic acids is 1. The topological polar surface area (TPSA) is 45.2 Å². The predicted molar refractivity (Wildman–Crippen MR) is 165 cm³/mol. The van der Waals surface area contributed by atoms with Crippen LogP contribution in [0.4, 0.5) is 5.69 Å². The number of nitrogens with one attached hydrogen (secondary N) is 1. The van der Waals surface area contributed by atoms with Crippen LogP contribution in [0.5, 0.6) is 0 Å². The standard InChI is InChI=1S/C35H32ClN3O/c1-24-3-2-4-29(21-24)27-17-19-39(20-18-27)23-33-14-11-30-22-32(15-16-34(30)37-33)38-35(40)28-7-5-25(6-8-28)26-9-12-31(36)13-10-26/h2-16,21-22,27H,17-20,23H2,1H3,(H,38,40). The molecule has 1 saturated heterocycles. The fourth-order valence-corrected chi connectivity index (χ4v) is 5.70. The Bertz CT molecular complexity index is 1640. The van der Waals surface area contributed by atoms with Crippen molar-refractivity contribution in [2.45, 2.75) is 32.2 Å². The molecule has 0 aliphatic carbocycles. The Morgan fingerprint density at radius 3 is 2.33 bits per heavy atom. The van der Waals surface area contributed by atoms with Gasteiger partial charge in [0, 0.05) is 28.2 Å². The maximum Gasteiger partial charge on any atom is 0.255 e. The number of benzene rings is 4. The van der Waals surface area contributed by atoms with Crippen molar-refractivity contribution in [1.29, 1.82) is 0 Å². The van der Waals surface area contributed by atoms with Crippen molar-refractivity contribution in [3.05, 3.63) is 131 Å². The highest BCUT2D eigenvalue weighted by atomic mass is 35.5. The highest BCUT2D eigenvalue weighted by Crippen LogP contribution is 2.29. The largest absolute Gasteiger partial charge is 0.322 e. The zero-order valence-electron chi connectivity index (χ0n) is 22.6. The normalized spacial score (nSPS) is 14.3. The van der Waals surface area contributed by atoms with Crippen molar-refractivity contribution >= 4 is 34.1 Å². The van der Waals surface area contributed by atoms with Crippen LogP contribution < -0.4 is 5.32 Å². The van der Waals surface area contributed by atoms with Crippen molar-refractivity contribution in [3.63, 3.8) is 0 Å². The fourth-order valence-electron chi connectivity index (χ4n) is 5.57. The van der Waals surface area contributed by atoms with Gasteiger partial charge in [0.1, 0.15) is 0 Å². The molecule has 200 valence electrons. The van der Waals surface area contributed by atoms with Crippen LogP contribution in [0.25, 0.3) is 22.0 Å². The molecule has 1 amide bonds. The monoisotopic (exact) mass is 545 g/mol. The van der Waals surface area contributed by atoms with Crippen LogP contribution in [-0.4, -0.2) is 28.9 Å². The summed E-state index contributed by atoms with van der Waals surface area (Å²) >= 11 is 5.99. The maximum absolute atomic E-state index is 12.9. The van der Waals surface area contributed by atoms with E-state index >= 15 is 0 Å². The van der Waals surface area contributed by atoms with Crippen molar-refractivity contribution in [1.82, 2.24) is 9.88 Å². The summed E-state index contributed by atoms with van der Waals surface area (Å²) in [7, 11) is 0. The number of pyridine rings is 1. The summed E-state index contributed by atoms with van der Waals surface area (Å²) in [6, 6.07) is 34.3. The Kier molecular flexibility index (Phi) is 7.63. The maximum atomic E-state index is 12.9. The molecule has 1 aromatic heterocycles. The van der Waals surface area contributed by atoms with E-state index in [-0.39, 0.29) is 5.91 Å². The predicted octanol–water partition coefficient (Wildman–Crippen LogP) is 8.50. The summed E-state index contributed by atoms with van der Waals surface area (Å²) in [6.45, 7) is 5.21. The van der Waals surface area contributed by atoms with E-state index in [0.29, 0.717) is 16.5 Å². The zero-order chi connectivity index (χ0) is 27.5. The molecule has 1 aliphatic rings. The number of carbonyl (C=O) groups is 1. The van der Waals surface area contributed by atoms with Crippen molar-refractivity contribution in [2.24, 2.45) is 0 Å². The molecule has 0 spiro atoms. The summed E-state index contributed by atoms with van der Waals surface area (Å²) in [5.41, 5.74) is 8.30. The molecule has 0 saturated carbocycles. The fraction of sp³-hybridized carbons (Fsp3) is 0.200. The summed E-state index contributed by atoms with van der Waals surface area (Å²) in [4.78, 5) is 20.3. The SMILES string of the molecule is Cc1cccc(C2CCN(Cc3ccc4cc(NC(=O)c5ccc(-c6ccc(Cl)cc6)cc5)ccc4n3)CC2)c1. The van der Waals surface area contributed by atoms with E-state index in [9.17, 15) is 4.79 Å². The van der Waals surface area contributed by atoms with Gasteiger partial charge in [0.2, 0.25) is 0 Å². The van der Waals surface area contributed by atoms with Gasteiger partial charge in [-0.2, -0.15) is 0 Å². The number of halogens is 1. The molecule has 0 atom stereocenters.